The van der Waals surface area contributed by atoms with Crippen LogP contribution in [0.25, 0.3) is 11.4 Å². The van der Waals surface area contributed by atoms with Crippen molar-refractivity contribution in [1.82, 2.24) is 10.1 Å². The Morgan fingerprint density at radius 1 is 1.03 bits per heavy atom. The zero-order chi connectivity index (χ0) is 21.1. The van der Waals surface area contributed by atoms with Crippen LogP contribution < -0.4 is 9.04 Å². The van der Waals surface area contributed by atoms with Gasteiger partial charge in [0.05, 0.1) is 22.4 Å². The smallest absolute Gasteiger partial charge is 0.264 e. The summed E-state index contributed by atoms with van der Waals surface area (Å²) in [5.41, 5.74) is 2.23. The van der Waals surface area contributed by atoms with E-state index < -0.39 is 10.0 Å². The SMILES string of the molecule is Cc1ccc(S(=O)(=O)N(C)c2ccc(OCc3nc(-c4ccoc4)no3)cc2)cc1. The van der Waals surface area contributed by atoms with Crippen LogP contribution in [0.4, 0.5) is 5.69 Å². The van der Waals surface area contributed by atoms with Crippen molar-refractivity contribution in [2.75, 3.05) is 11.4 Å². The van der Waals surface area contributed by atoms with Crippen LogP contribution in [0.5, 0.6) is 5.75 Å². The van der Waals surface area contributed by atoms with Crippen molar-refractivity contribution in [2.24, 2.45) is 0 Å². The molecule has 4 rings (SSSR count). The second-order valence-electron chi connectivity index (χ2n) is 6.59. The third-order valence-electron chi connectivity index (χ3n) is 4.49. The Balaban J connectivity index is 1.42. The molecule has 154 valence electrons. The first-order valence-corrected chi connectivity index (χ1v) is 10.5. The number of benzene rings is 2. The highest BCUT2D eigenvalue weighted by atomic mass is 32.2. The van der Waals surface area contributed by atoms with Crippen molar-refractivity contribution < 1.29 is 22.1 Å². The molecule has 30 heavy (non-hydrogen) atoms. The van der Waals surface area contributed by atoms with Gasteiger partial charge < -0.3 is 13.7 Å². The molecule has 0 atom stereocenters. The Bertz CT molecular complexity index is 1210. The summed E-state index contributed by atoms with van der Waals surface area (Å²) in [4.78, 5) is 4.47. The summed E-state index contributed by atoms with van der Waals surface area (Å²) < 4.78 is 42.6. The monoisotopic (exact) mass is 425 g/mol. The molecule has 0 N–H and O–H groups in total. The van der Waals surface area contributed by atoms with Gasteiger partial charge in [-0.1, -0.05) is 22.9 Å². The molecule has 0 unspecified atom stereocenters. The fourth-order valence-corrected chi connectivity index (χ4v) is 3.92. The molecule has 9 heteroatoms. The maximum atomic E-state index is 12.8. The number of aromatic nitrogens is 2. The Hall–Kier alpha value is -3.59. The van der Waals surface area contributed by atoms with E-state index in [2.05, 4.69) is 10.1 Å². The van der Waals surface area contributed by atoms with Gasteiger partial charge in [-0.2, -0.15) is 4.98 Å². The summed E-state index contributed by atoms with van der Waals surface area (Å²) in [5, 5.41) is 3.87. The van der Waals surface area contributed by atoms with Crippen LogP contribution in [0.3, 0.4) is 0 Å². The average molecular weight is 425 g/mol. The Labute approximate surface area is 173 Å². The predicted octanol–water partition coefficient (Wildman–Crippen LogP) is 4.04. The quantitative estimate of drug-likeness (QED) is 0.441. The third-order valence-corrected chi connectivity index (χ3v) is 6.29. The number of sulfonamides is 1. The number of rotatable bonds is 7. The van der Waals surface area contributed by atoms with Crippen molar-refractivity contribution in [3.05, 3.63) is 78.6 Å². The molecule has 0 aliphatic carbocycles. The molecular weight excluding hydrogens is 406 g/mol. The van der Waals surface area contributed by atoms with Crippen molar-refractivity contribution >= 4 is 15.7 Å². The highest BCUT2D eigenvalue weighted by molar-refractivity contribution is 7.92. The number of ether oxygens (including phenoxy) is 1. The van der Waals surface area contributed by atoms with Gasteiger partial charge in [0, 0.05) is 7.05 Å². The molecule has 0 saturated carbocycles. The second kappa shape index (κ2) is 8.03. The van der Waals surface area contributed by atoms with Crippen LogP contribution >= 0.6 is 0 Å². The van der Waals surface area contributed by atoms with Gasteiger partial charge in [-0.05, 0) is 49.4 Å². The molecule has 4 aromatic rings. The van der Waals surface area contributed by atoms with Crippen molar-refractivity contribution in [2.45, 2.75) is 18.4 Å². The molecule has 2 heterocycles. The number of hydrogen-bond acceptors (Lipinski definition) is 7. The van der Waals surface area contributed by atoms with Crippen LogP contribution in [0.1, 0.15) is 11.5 Å². The minimum atomic E-state index is -3.64. The second-order valence-corrected chi connectivity index (χ2v) is 8.56. The molecule has 2 aromatic carbocycles. The summed E-state index contributed by atoms with van der Waals surface area (Å²) in [6.07, 6.45) is 3.05. The maximum Gasteiger partial charge on any atom is 0.264 e. The zero-order valence-electron chi connectivity index (χ0n) is 16.3. The minimum Gasteiger partial charge on any atom is -0.484 e. The van der Waals surface area contributed by atoms with E-state index in [1.165, 1.54) is 23.9 Å². The van der Waals surface area contributed by atoms with Crippen molar-refractivity contribution in [3.8, 4) is 17.1 Å². The van der Waals surface area contributed by atoms with E-state index in [0.717, 1.165) is 5.56 Å². The van der Waals surface area contributed by atoms with Gasteiger partial charge in [-0.3, -0.25) is 4.31 Å². The van der Waals surface area contributed by atoms with E-state index in [9.17, 15) is 8.42 Å². The normalized spacial score (nSPS) is 11.4. The van der Waals surface area contributed by atoms with Gasteiger partial charge in [0.15, 0.2) is 6.61 Å². The molecule has 0 fully saturated rings. The topological polar surface area (TPSA) is 98.7 Å². The van der Waals surface area contributed by atoms with E-state index in [1.807, 2.05) is 6.92 Å². The predicted molar refractivity (Wildman–Crippen MR) is 110 cm³/mol. The van der Waals surface area contributed by atoms with Crippen LogP contribution in [0.2, 0.25) is 0 Å². The number of aryl methyl sites for hydroxylation is 1. The largest absolute Gasteiger partial charge is 0.484 e. The molecule has 0 spiro atoms. The lowest BCUT2D eigenvalue weighted by Gasteiger charge is -2.20. The van der Waals surface area contributed by atoms with E-state index >= 15 is 0 Å². The molecule has 0 bridgehead atoms. The van der Waals surface area contributed by atoms with Gasteiger partial charge in [-0.15, -0.1) is 0 Å². The molecule has 0 aliphatic rings. The average Bonchev–Trinajstić information content (AvgIpc) is 3.44. The van der Waals surface area contributed by atoms with Gasteiger partial charge in [0.25, 0.3) is 15.9 Å². The third kappa shape index (κ3) is 4.06. The molecule has 0 saturated heterocycles. The van der Waals surface area contributed by atoms with Crippen LogP contribution in [-0.4, -0.2) is 25.6 Å². The lowest BCUT2D eigenvalue weighted by atomic mass is 10.2. The summed E-state index contributed by atoms with van der Waals surface area (Å²) in [6, 6.07) is 15.2. The number of furan rings is 1. The number of nitrogens with zero attached hydrogens (tertiary/aromatic N) is 3. The molecule has 0 radical (unpaired) electrons. The Morgan fingerprint density at radius 3 is 2.43 bits per heavy atom. The first kappa shape index (κ1) is 19.7. The molecular formula is C21H19N3O5S. The molecule has 0 amide bonds. The van der Waals surface area contributed by atoms with Crippen LogP contribution in [0, 0.1) is 6.92 Å². The first-order chi connectivity index (χ1) is 14.4. The first-order valence-electron chi connectivity index (χ1n) is 9.07. The molecule has 0 aliphatic heterocycles. The van der Waals surface area contributed by atoms with Crippen LogP contribution in [-0.2, 0) is 16.6 Å². The van der Waals surface area contributed by atoms with Gasteiger partial charge >= 0.3 is 0 Å². The summed E-state index contributed by atoms with van der Waals surface area (Å²) in [5.74, 6) is 1.28. The van der Waals surface area contributed by atoms with E-state index in [-0.39, 0.29) is 11.5 Å². The number of hydrogen-bond donors (Lipinski definition) is 0. The van der Waals surface area contributed by atoms with Gasteiger partial charge in [-0.25, -0.2) is 8.42 Å². The van der Waals surface area contributed by atoms with Crippen molar-refractivity contribution in [1.29, 1.82) is 0 Å². The summed E-state index contributed by atoms with van der Waals surface area (Å²) in [7, 11) is -2.13. The van der Waals surface area contributed by atoms with E-state index in [0.29, 0.717) is 28.7 Å². The fraction of sp³-hybridized carbons (Fsp3) is 0.143. The zero-order valence-corrected chi connectivity index (χ0v) is 17.2. The Morgan fingerprint density at radius 2 is 1.77 bits per heavy atom. The highest BCUT2D eigenvalue weighted by Crippen LogP contribution is 2.25. The highest BCUT2D eigenvalue weighted by Gasteiger charge is 2.21. The lowest BCUT2D eigenvalue weighted by molar-refractivity contribution is 0.243. The maximum absolute atomic E-state index is 12.8. The lowest BCUT2D eigenvalue weighted by Crippen LogP contribution is -2.26. The molecule has 2 aromatic heterocycles. The fourth-order valence-electron chi connectivity index (χ4n) is 2.73. The van der Waals surface area contributed by atoms with Crippen LogP contribution in [0.15, 0.2) is 81.0 Å². The minimum absolute atomic E-state index is 0.0850. The van der Waals surface area contributed by atoms with Gasteiger partial charge in [0.2, 0.25) is 5.82 Å². The van der Waals surface area contributed by atoms with E-state index in [4.69, 9.17) is 13.7 Å². The number of anilines is 1. The van der Waals surface area contributed by atoms with Crippen molar-refractivity contribution in [3.63, 3.8) is 0 Å². The standard InChI is InChI=1S/C21H19N3O5S/c1-15-3-9-19(10-4-15)30(25,26)24(2)17-5-7-18(8-6-17)28-14-20-22-21(23-29-20)16-11-12-27-13-16/h3-13H,14H2,1-2H3. The van der Waals surface area contributed by atoms with Gasteiger partial charge in [0.1, 0.15) is 12.0 Å². The van der Waals surface area contributed by atoms with E-state index in [1.54, 1.807) is 54.6 Å². The summed E-state index contributed by atoms with van der Waals surface area (Å²) >= 11 is 0. The Kier molecular flexibility index (Phi) is 5.28. The molecule has 8 nitrogen and oxygen atoms in total. The summed E-state index contributed by atoms with van der Waals surface area (Å²) in [6.45, 7) is 1.99.